The minimum atomic E-state index is -4.18. The van der Waals surface area contributed by atoms with Crippen molar-refractivity contribution < 1.29 is 18.0 Å². The molecule has 0 aliphatic carbocycles. The highest BCUT2D eigenvalue weighted by Crippen LogP contribution is 2.29. The molecule has 0 unspecified atom stereocenters. The molecule has 202 valence electrons. The van der Waals surface area contributed by atoms with Gasteiger partial charge < -0.3 is 10.2 Å². The van der Waals surface area contributed by atoms with Crippen LogP contribution in [0.3, 0.4) is 0 Å². The minimum Gasteiger partial charge on any atom is -0.355 e. The number of hydrogen-bond acceptors (Lipinski definition) is 4. The van der Waals surface area contributed by atoms with Crippen LogP contribution in [0.15, 0.2) is 77.7 Å². The van der Waals surface area contributed by atoms with Crippen LogP contribution in [-0.2, 0) is 26.2 Å². The number of benzene rings is 3. The Kier molecular flexibility index (Phi) is 10.4. The molecule has 0 aliphatic rings. The molecule has 0 bridgehead atoms. The molecule has 38 heavy (non-hydrogen) atoms. The number of halogens is 3. The molecule has 2 amide bonds. The van der Waals surface area contributed by atoms with Gasteiger partial charge in [-0.1, -0.05) is 72.1 Å². The van der Waals surface area contributed by atoms with E-state index in [0.717, 1.165) is 4.31 Å². The highest BCUT2D eigenvalue weighted by atomic mass is 35.5. The minimum absolute atomic E-state index is 0.00393. The summed E-state index contributed by atoms with van der Waals surface area (Å²) in [6.45, 7) is 3.22. The van der Waals surface area contributed by atoms with E-state index in [1.165, 1.54) is 23.1 Å². The molecule has 0 spiro atoms. The number of amides is 2. The van der Waals surface area contributed by atoms with Crippen molar-refractivity contribution in [3.05, 3.63) is 93.4 Å². The van der Waals surface area contributed by atoms with E-state index in [0.29, 0.717) is 27.2 Å². The van der Waals surface area contributed by atoms with Gasteiger partial charge >= 0.3 is 0 Å². The summed E-state index contributed by atoms with van der Waals surface area (Å²) in [6, 6.07) is 18.1. The van der Waals surface area contributed by atoms with Crippen molar-refractivity contribution in [1.82, 2.24) is 10.2 Å². The number of anilines is 1. The van der Waals surface area contributed by atoms with Crippen LogP contribution in [0, 0.1) is 0 Å². The van der Waals surface area contributed by atoms with Gasteiger partial charge in [-0.3, -0.25) is 13.9 Å². The third-order valence-corrected chi connectivity index (χ3v) is 8.56. The Labute approximate surface area is 238 Å². The van der Waals surface area contributed by atoms with E-state index in [4.69, 9.17) is 34.8 Å². The summed E-state index contributed by atoms with van der Waals surface area (Å²) in [4.78, 5) is 28.2. The van der Waals surface area contributed by atoms with E-state index in [1.807, 2.05) is 0 Å². The van der Waals surface area contributed by atoms with Crippen LogP contribution in [0.1, 0.15) is 25.8 Å². The Bertz CT molecular complexity index is 1370. The summed E-state index contributed by atoms with van der Waals surface area (Å²) in [5.41, 5.74) is 0.656. The maximum atomic E-state index is 13.9. The van der Waals surface area contributed by atoms with Crippen LogP contribution in [0.25, 0.3) is 0 Å². The molecule has 0 radical (unpaired) electrons. The van der Waals surface area contributed by atoms with Gasteiger partial charge in [0.15, 0.2) is 0 Å². The molecule has 0 fully saturated rings. The predicted octanol–water partition coefficient (Wildman–Crippen LogP) is 5.79. The number of nitrogens with one attached hydrogen (secondary N) is 1. The number of sulfonamides is 1. The molecule has 7 nitrogen and oxygen atoms in total. The third-order valence-electron chi connectivity index (χ3n) is 5.83. The Morgan fingerprint density at radius 2 is 1.53 bits per heavy atom. The Morgan fingerprint density at radius 3 is 2.11 bits per heavy atom. The van der Waals surface area contributed by atoms with E-state index in [2.05, 4.69) is 5.32 Å². The summed E-state index contributed by atoms with van der Waals surface area (Å²) in [7, 11) is -4.18. The molecule has 1 atom stereocenters. The second-order valence-corrected chi connectivity index (χ2v) is 11.5. The SMILES string of the molecule is CCNC(=O)[C@H](CC)N(Cc1c(Cl)cccc1Cl)C(=O)CN(c1cccc(Cl)c1)S(=O)(=O)c1ccccc1. The maximum Gasteiger partial charge on any atom is 0.264 e. The van der Waals surface area contributed by atoms with Gasteiger partial charge in [-0.15, -0.1) is 0 Å². The largest absolute Gasteiger partial charge is 0.355 e. The fraction of sp³-hybridized carbons (Fsp3) is 0.259. The van der Waals surface area contributed by atoms with E-state index in [9.17, 15) is 18.0 Å². The molecule has 0 heterocycles. The monoisotopic (exact) mass is 595 g/mol. The Hall–Kier alpha value is -2.78. The van der Waals surface area contributed by atoms with Crippen LogP contribution in [0.5, 0.6) is 0 Å². The average molecular weight is 597 g/mol. The number of carbonyl (C=O) groups is 2. The van der Waals surface area contributed by atoms with Gasteiger partial charge in [-0.05, 0) is 55.8 Å². The summed E-state index contributed by atoms with van der Waals surface area (Å²) in [5, 5.41) is 3.70. The fourth-order valence-corrected chi connectivity index (χ4v) is 6.07. The topological polar surface area (TPSA) is 86.8 Å². The van der Waals surface area contributed by atoms with Gasteiger partial charge in [0.1, 0.15) is 12.6 Å². The van der Waals surface area contributed by atoms with Gasteiger partial charge in [-0.25, -0.2) is 8.42 Å². The molecule has 11 heteroatoms. The molecular weight excluding hydrogens is 569 g/mol. The normalized spacial score (nSPS) is 12.0. The number of nitrogens with zero attached hydrogens (tertiary/aromatic N) is 2. The van der Waals surface area contributed by atoms with E-state index in [1.54, 1.807) is 68.4 Å². The highest BCUT2D eigenvalue weighted by molar-refractivity contribution is 7.92. The molecule has 0 saturated heterocycles. The first-order chi connectivity index (χ1) is 18.1. The van der Waals surface area contributed by atoms with E-state index < -0.39 is 28.5 Å². The lowest BCUT2D eigenvalue weighted by Crippen LogP contribution is -2.52. The number of likely N-dealkylation sites (N-methyl/N-ethyl adjacent to an activating group) is 1. The number of hydrogen-bond donors (Lipinski definition) is 1. The van der Waals surface area contributed by atoms with Gasteiger partial charge in [0, 0.05) is 33.7 Å². The van der Waals surface area contributed by atoms with Crippen LogP contribution in [-0.4, -0.2) is 44.3 Å². The van der Waals surface area contributed by atoms with Crippen molar-refractivity contribution in [2.45, 2.75) is 37.8 Å². The first-order valence-corrected chi connectivity index (χ1v) is 14.5. The standard InChI is InChI=1S/C27H28Cl3N3O4S/c1-3-25(27(35)31-4-2)32(17-22-23(29)14-9-15-24(22)30)26(34)18-33(20-11-8-10-19(28)16-20)38(36,37)21-12-6-5-7-13-21/h5-16,25H,3-4,17-18H2,1-2H3,(H,31,35)/t25-/m0/s1. The average Bonchev–Trinajstić information content (AvgIpc) is 2.89. The van der Waals surface area contributed by atoms with E-state index >= 15 is 0 Å². The maximum absolute atomic E-state index is 13.9. The molecule has 0 aromatic heterocycles. The highest BCUT2D eigenvalue weighted by Gasteiger charge is 2.34. The van der Waals surface area contributed by atoms with Crippen molar-refractivity contribution in [1.29, 1.82) is 0 Å². The fourth-order valence-electron chi connectivity index (χ4n) is 3.94. The van der Waals surface area contributed by atoms with Gasteiger partial charge in [0.2, 0.25) is 11.8 Å². The van der Waals surface area contributed by atoms with Crippen molar-refractivity contribution >= 4 is 62.3 Å². The van der Waals surface area contributed by atoms with Crippen LogP contribution < -0.4 is 9.62 Å². The number of rotatable bonds is 11. The summed E-state index contributed by atoms with van der Waals surface area (Å²) in [5.74, 6) is -0.981. The molecule has 3 aromatic carbocycles. The molecule has 0 aliphatic heterocycles. The van der Waals surface area contributed by atoms with E-state index in [-0.39, 0.29) is 29.5 Å². The van der Waals surface area contributed by atoms with Gasteiger partial charge in [-0.2, -0.15) is 0 Å². The Morgan fingerprint density at radius 1 is 0.895 bits per heavy atom. The lowest BCUT2D eigenvalue weighted by Gasteiger charge is -2.33. The van der Waals surface area contributed by atoms with Gasteiger partial charge in [0.25, 0.3) is 10.0 Å². The van der Waals surface area contributed by atoms with Crippen LogP contribution in [0.4, 0.5) is 5.69 Å². The van der Waals surface area contributed by atoms with Crippen molar-refractivity contribution in [3.8, 4) is 0 Å². The molecule has 3 rings (SSSR count). The quantitative estimate of drug-likeness (QED) is 0.304. The van der Waals surface area contributed by atoms with Crippen molar-refractivity contribution in [2.24, 2.45) is 0 Å². The van der Waals surface area contributed by atoms with Crippen LogP contribution >= 0.6 is 34.8 Å². The zero-order valence-corrected chi connectivity index (χ0v) is 24.0. The molecule has 1 N–H and O–H groups in total. The zero-order valence-electron chi connectivity index (χ0n) is 20.9. The first-order valence-electron chi connectivity index (χ1n) is 11.9. The summed E-state index contributed by atoms with van der Waals surface area (Å²) >= 11 is 19.0. The molecular formula is C27H28Cl3N3O4S. The molecule has 0 saturated carbocycles. The van der Waals surface area contributed by atoms with Crippen LogP contribution in [0.2, 0.25) is 15.1 Å². The molecule has 3 aromatic rings. The summed E-state index contributed by atoms with van der Waals surface area (Å²) < 4.78 is 28.5. The smallest absolute Gasteiger partial charge is 0.264 e. The third kappa shape index (κ3) is 6.99. The zero-order chi connectivity index (χ0) is 27.9. The van der Waals surface area contributed by atoms with Crippen molar-refractivity contribution in [2.75, 3.05) is 17.4 Å². The second kappa shape index (κ2) is 13.3. The lowest BCUT2D eigenvalue weighted by molar-refractivity contribution is -0.140. The van der Waals surface area contributed by atoms with Gasteiger partial charge in [0.05, 0.1) is 10.6 Å². The second-order valence-electron chi connectivity index (χ2n) is 8.35. The first kappa shape index (κ1) is 29.8. The number of carbonyl (C=O) groups excluding carboxylic acids is 2. The summed E-state index contributed by atoms with van der Waals surface area (Å²) in [6.07, 6.45) is 0.280. The Balaban J connectivity index is 2.09. The predicted molar refractivity (Wildman–Crippen MR) is 152 cm³/mol. The lowest BCUT2D eigenvalue weighted by atomic mass is 10.1. The van der Waals surface area contributed by atoms with Crippen molar-refractivity contribution in [3.63, 3.8) is 0 Å².